The van der Waals surface area contributed by atoms with E-state index in [1.807, 2.05) is 16.8 Å². The van der Waals surface area contributed by atoms with E-state index in [9.17, 15) is 0 Å². The van der Waals surface area contributed by atoms with Crippen molar-refractivity contribution >= 4 is 23.1 Å². The highest BCUT2D eigenvalue weighted by molar-refractivity contribution is 7.98. The summed E-state index contributed by atoms with van der Waals surface area (Å²) in [5.74, 6) is 2.42. The maximum atomic E-state index is 5.49. The van der Waals surface area contributed by atoms with Gasteiger partial charge in [-0.1, -0.05) is 16.9 Å². The van der Waals surface area contributed by atoms with Crippen LogP contribution in [-0.4, -0.2) is 20.3 Å². The normalized spacial score (nSPS) is 11.1. The van der Waals surface area contributed by atoms with Crippen LogP contribution in [0.2, 0.25) is 0 Å². The van der Waals surface area contributed by atoms with Crippen molar-refractivity contribution in [2.45, 2.75) is 11.0 Å². The summed E-state index contributed by atoms with van der Waals surface area (Å²) in [5.41, 5.74) is 0.947. The van der Waals surface area contributed by atoms with Crippen LogP contribution in [0.1, 0.15) is 5.89 Å². The van der Waals surface area contributed by atoms with Gasteiger partial charge in [0.25, 0.3) is 11.1 Å². The summed E-state index contributed by atoms with van der Waals surface area (Å²) in [5, 5.41) is 16.2. The van der Waals surface area contributed by atoms with Gasteiger partial charge < -0.3 is 13.4 Å². The average molecular weight is 332 g/mol. The van der Waals surface area contributed by atoms with E-state index in [-0.39, 0.29) is 0 Å². The number of hydrogen-bond acceptors (Lipinski definition) is 9. The summed E-state index contributed by atoms with van der Waals surface area (Å²) < 4.78 is 15.9. The molecule has 0 radical (unpaired) electrons. The number of nitrogens with zero attached hydrogens (tertiary/aromatic N) is 4. The standard InChI is InChI=1S/C13H8N4O3S2/c1-2-9(18-4-1)12-15-16-13(19-12)22-7-10-14-11(17-20-10)8-3-5-21-6-8/h1-6H,7H2. The Morgan fingerprint density at radius 2 is 2.23 bits per heavy atom. The maximum Gasteiger partial charge on any atom is 0.284 e. The molecular formula is C13H8N4O3S2. The summed E-state index contributed by atoms with van der Waals surface area (Å²) in [6.45, 7) is 0. The van der Waals surface area contributed by atoms with Crippen molar-refractivity contribution in [1.29, 1.82) is 0 Å². The molecule has 0 fully saturated rings. The van der Waals surface area contributed by atoms with Crippen LogP contribution in [0.15, 0.2) is 53.8 Å². The fourth-order valence-electron chi connectivity index (χ4n) is 1.71. The molecule has 0 N–H and O–H groups in total. The minimum atomic E-state index is 0.344. The van der Waals surface area contributed by atoms with Crippen LogP contribution in [0.5, 0.6) is 0 Å². The molecular weight excluding hydrogens is 324 g/mol. The van der Waals surface area contributed by atoms with Gasteiger partial charge in [0.1, 0.15) is 0 Å². The van der Waals surface area contributed by atoms with Crippen LogP contribution in [0.3, 0.4) is 0 Å². The van der Waals surface area contributed by atoms with E-state index in [1.54, 1.807) is 29.7 Å². The van der Waals surface area contributed by atoms with E-state index < -0.39 is 0 Å². The lowest BCUT2D eigenvalue weighted by Crippen LogP contribution is -1.81. The van der Waals surface area contributed by atoms with Crippen molar-refractivity contribution in [2.24, 2.45) is 0 Å². The molecule has 0 unspecified atom stereocenters. The number of thioether (sulfide) groups is 1. The monoisotopic (exact) mass is 332 g/mol. The zero-order valence-corrected chi connectivity index (χ0v) is 12.6. The van der Waals surface area contributed by atoms with Crippen LogP contribution in [0, 0.1) is 0 Å². The van der Waals surface area contributed by atoms with Gasteiger partial charge in [0.2, 0.25) is 11.7 Å². The van der Waals surface area contributed by atoms with Gasteiger partial charge in [0, 0.05) is 10.9 Å². The molecule has 0 saturated carbocycles. The molecule has 4 rings (SSSR count). The Hall–Kier alpha value is -2.39. The molecule has 4 aromatic heterocycles. The molecule has 0 amide bonds. The summed E-state index contributed by atoms with van der Waals surface area (Å²) in [6, 6.07) is 5.46. The largest absolute Gasteiger partial charge is 0.459 e. The van der Waals surface area contributed by atoms with Gasteiger partial charge in [-0.2, -0.15) is 16.3 Å². The van der Waals surface area contributed by atoms with Gasteiger partial charge in [-0.3, -0.25) is 0 Å². The fraction of sp³-hybridized carbons (Fsp3) is 0.0769. The summed E-state index contributed by atoms with van der Waals surface area (Å²) in [4.78, 5) is 4.32. The molecule has 0 atom stereocenters. The summed E-state index contributed by atoms with van der Waals surface area (Å²) in [7, 11) is 0. The number of aromatic nitrogens is 4. The highest BCUT2D eigenvalue weighted by Gasteiger charge is 2.14. The highest BCUT2D eigenvalue weighted by Crippen LogP contribution is 2.26. The van der Waals surface area contributed by atoms with Crippen LogP contribution < -0.4 is 0 Å². The molecule has 22 heavy (non-hydrogen) atoms. The zero-order valence-electron chi connectivity index (χ0n) is 11.0. The van der Waals surface area contributed by atoms with E-state index in [2.05, 4.69) is 20.3 Å². The molecule has 0 aliphatic heterocycles. The predicted octanol–water partition coefficient (Wildman–Crippen LogP) is 3.73. The van der Waals surface area contributed by atoms with Crippen molar-refractivity contribution in [3.05, 3.63) is 41.1 Å². The average Bonchev–Trinajstić information content (AvgIpc) is 3.33. The van der Waals surface area contributed by atoms with Gasteiger partial charge in [0.15, 0.2) is 5.76 Å². The first-order valence-corrected chi connectivity index (χ1v) is 8.16. The van der Waals surface area contributed by atoms with Crippen molar-refractivity contribution in [3.63, 3.8) is 0 Å². The van der Waals surface area contributed by atoms with E-state index >= 15 is 0 Å². The SMILES string of the molecule is c1coc(-c2nnc(SCc3nc(-c4ccsc4)no3)o2)c1. The Balaban J connectivity index is 1.43. The summed E-state index contributed by atoms with van der Waals surface area (Å²) in [6.07, 6.45) is 1.55. The maximum absolute atomic E-state index is 5.49. The summed E-state index contributed by atoms with van der Waals surface area (Å²) >= 11 is 2.91. The number of thiophene rings is 1. The van der Waals surface area contributed by atoms with E-state index in [0.717, 1.165) is 5.56 Å². The minimum absolute atomic E-state index is 0.344. The molecule has 0 bridgehead atoms. The highest BCUT2D eigenvalue weighted by atomic mass is 32.2. The molecule has 9 heteroatoms. The molecule has 110 valence electrons. The first-order chi connectivity index (χ1) is 10.9. The number of rotatable bonds is 5. The Bertz CT molecular complexity index is 779. The van der Waals surface area contributed by atoms with Crippen molar-refractivity contribution < 1.29 is 13.4 Å². The third-order valence-corrected chi connectivity index (χ3v) is 4.19. The van der Waals surface area contributed by atoms with Crippen LogP contribution in [-0.2, 0) is 5.75 Å². The second-order valence-corrected chi connectivity index (χ2v) is 5.87. The minimum Gasteiger partial charge on any atom is -0.459 e. The number of furan rings is 1. The van der Waals surface area contributed by atoms with Crippen molar-refractivity contribution in [3.8, 4) is 23.0 Å². The molecule has 0 aliphatic rings. The topological polar surface area (TPSA) is 91.0 Å². The lowest BCUT2D eigenvalue weighted by atomic mass is 10.3. The van der Waals surface area contributed by atoms with Gasteiger partial charge in [-0.25, -0.2) is 0 Å². The zero-order chi connectivity index (χ0) is 14.8. The Morgan fingerprint density at radius 3 is 3.05 bits per heavy atom. The lowest BCUT2D eigenvalue weighted by molar-refractivity contribution is 0.390. The van der Waals surface area contributed by atoms with E-state index in [1.165, 1.54) is 11.8 Å². The van der Waals surface area contributed by atoms with Crippen LogP contribution in [0.25, 0.3) is 23.0 Å². The third-order valence-electron chi connectivity index (χ3n) is 2.71. The van der Waals surface area contributed by atoms with E-state index in [0.29, 0.717) is 34.3 Å². The molecule has 0 aliphatic carbocycles. The predicted molar refractivity (Wildman–Crippen MR) is 79.2 cm³/mol. The van der Waals surface area contributed by atoms with Gasteiger partial charge in [-0.05, 0) is 23.6 Å². The first-order valence-electron chi connectivity index (χ1n) is 6.24. The second-order valence-electron chi connectivity index (χ2n) is 4.16. The van der Waals surface area contributed by atoms with Crippen LogP contribution in [0.4, 0.5) is 0 Å². The number of hydrogen-bond donors (Lipinski definition) is 0. The molecule has 4 aromatic rings. The molecule has 0 saturated heterocycles. The smallest absolute Gasteiger partial charge is 0.284 e. The molecule has 0 spiro atoms. The fourth-order valence-corrected chi connectivity index (χ4v) is 2.95. The first kappa shape index (κ1) is 13.3. The Labute approximate surface area is 132 Å². The van der Waals surface area contributed by atoms with Crippen molar-refractivity contribution in [1.82, 2.24) is 20.3 Å². The van der Waals surface area contributed by atoms with Gasteiger partial charge in [-0.15, -0.1) is 10.2 Å². The molecule has 7 nitrogen and oxygen atoms in total. The van der Waals surface area contributed by atoms with Gasteiger partial charge in [0.05, 0.1) is 12.0 Å². The van der Waals surface area contributed by atoms with Crippen molar-refractivity contribution in [2.75, 3.05) is 0 Å². The van der Waals surface area contributed by atoms with E-state index in [4.69, 9.17) is 13.4 Å². The third kappa shape index (κ3) is 2.68. The second kappa shape index (κ2) is 5.78. The molecule has 4 heterocycles. The van der Waals surface area contributed by atoms with Gasteiger partial charge >= 0.3 is 0 Å². The van der Waals surface area contributed by atoms with Crippen LogP contribution >= 0.6 is 23.1 Å². The Kier molecular flexibility index (Phi) is 3.49. The quantitative estimate of drug-likeness (QED) is 0.510. The Morgan fingerprint density at radius 1 is 1.23 bits per heavy atom. The lowest BCUT2D eigenvalue weighted by Gasteiger charge is -1.89. The molecule has 0 aromatic carbocycles.